The largest absolute Gasteiger partial charge is 0.416 e. The average molecular weight is 560 g/mol. The number of nitrogens with zero attached hydrogens (tertiary/aromatic N) is 2. The lowest BCUT2D eigenvalue weighted by molar-refractivity contribution is -0.138. The van der Waals surface area contributed by atoms with Crippen molar-refractivity contribution in [3.8, 4) is 0 Å². The molecule has 2 atom stereocenters. The summed E-state index contributed by atoms with van der Waals surface area (Å²) in [6.07, 6.45) is -4.17. The fourth-order valence-electron chi connectivity index (χ4n) is 4.13. The van der Waals surface area contributed by atoms with E-state index in [0.29, 0.717) is 5.52 Å². The number of anilines is 1. The maximum atomic E-state index is 13.7. The summed E-state index contributed by atoms with van der Waals surface area (Å²) in [5.74, 6) is -2.13. The lowest BCUT2D eigenvalue weighted by Gasteiger charge is -2.24. The summed E-state index contributed by atoms with van der Waals surface area (Å²) >= 11 is 0. The minimum atomic E-state index is -4.68. The molecule has 0 aliphatic rings. The zero-order chi connectivity index (χ0) is 29.3. The first-order valence-electron chi connectivity index (χ1n) is 12.6. The van der Waals surface area contributed by atoms with Gasteiger partial charge in [0.2, 0.25) is 17.7 Å². The Labute approximate surface area is 229 Å². The van der Waals surface area contributed by atoms with Crippen LogP contribution >= 0.6 is 0 Å². The number of fused-ring (bicyclic) bond motifs is 1. The van der Waals surface area contributed by atoms with E-state index in [4.69, 9.17) is 17.2 Å². The first-order valence-corrected chi connectivity index (χ1v) is 12.6. The smallest absolute Gasteiger partial charge is 0.343 e. The second-order valence-electron chi connectivity index (χ2n) is 9.09. The molecule has 0 unspecified atom stereocenters. The minimum absolute atomic E-state index is 0.178. The third-order valence-electron chi connectivity index (χ3n) is 6.12. The quantitative estimate of drug-likeness (QED) is 0.223. The molecule has 0 bridgehead atoms. The van der Waals surface area contributed by atoms with Crippen molar-refractivity contribution in [3.05, 3.63) is 71.9 Å². The molecule has 0 radical (unpaired) electrons. The summed E-state index contributed by atoms with van der Waals surface area (Å²) < 4.78 is 41.0. The van der Waals surface area contributed by atoms with Crippen molar-refractivity contribution in [3.63, 3.8) is 0 Å². The Kier molecular flexibility index (Phi) is 10.5. The molecule has 10 nitrogen and oxygen atoms in total. The van der Waals surface area contributed by atoms with Crippen molar-refractivity contribution in [2.24, 2.45) is 17.2 Å². The number of rotatable bonds is 12. The van der Waals surface area contributed by atoms with Gasteiger partial charge in [-0.15, -0.1) is 0 Å². The topological polar surface area (TPSA) is 169 Å². The summed E-state index contributed by atoms with van der Waals surface area (Å²) in [6.45, 7) is 0.780. The maximum absolute atomic E-state index is 13.7. The van der Waals surface area contributed by atoms with Crippen LogP contribution in [0.25, 0.3) is 10.9 Å². The van der Waals surface area contributed by atoms with E-state index in [-0.39, 0.29) is 37.4 Å². The van der Waals surface area contributed by atoms with Gasteiger partial charge < -0.3 is 32.7 Å². The highest BCUT2D eigenvalue weighted by Gasteiger charge is 2.35. The van der Waals surface area contributed by atoms with Gasteiger partial charge in [-0.25, -0.2) is 0 Å². The molecule has 0 aliphatic heterocycles. The van der Waals surface area contributed by atoms with Gasteiger partial charge >= 0.3 is 6.18 Å². The number of amides is 3. The molecular formula is C27H32F3N7O3. The number of carbonyl (C=O) groups is 3. The predicted molar refractivity (Wildman–Crippen MR) is 145 cm³/mol. The number of aromatic nitrogens is 1. The van der Waals surface area contributed by atoms with Gasteiger partial charge in [-0.1, -0.05) is 36.4 Å². The van der Waals surface area contributed by atoms with E-state index in [1.165, 1.54) is 29.3 Å². The van der Waals surface area contributed by atoms with Gasteiger partial charge in [-0.2, -0.15) is 13.2 Å². The van der Waals surface area contributed by atoms with Gasteiger partial charge in [0.25, 0.3) is 0 Å². The summed E-state index contributed by atoms with van der Waals surface area (Å²) in [6, 6.07) is 10.7. The van der Waals surface area contributed by atoms with Crippen LogP contribution in [0, 0.1) is 0 Å². The van der Waals surface area contributed by atoms with Gasteiger partial charge in [-0.3, -0.25) is 19.4 Å². The number of pyridine rings is 1. The Morgan fingerprint density at radius 3 is 2.27 bits per heavy atom. The van der Waals surface area contributed by atoms with Crippen LogP contribution in [0.15, 0.2) is 60.8 Å². The van der Waals surface area contributed by atoms with E-state index in [2.05, 4.69) is 15.6 Å². The Hall–Kier alpha value is -4.07. The van der Waals surface area contributed by atoms with Crippen molar-refractivity contribution < 1.29 is 27.6 Å². The second kappa shape index (κ2) is 13.8. The van der Waals surface area contributed by atoms with Gasteiger partial charge in [-0.05, 0) is 23.8 Å². The van der Waals surface area contributed by atoms with Crippen LogP contribution < -0.4 is 27.8 Å². The van der Waals surface area contributed by atoms with Crippen LogP contribution in [0.4, 0.5) is 18.9 Å². The predicted octanol–water partition coefficient (Wildman–Crippen LogP) is 1.38. The number of benzene rings is 2. The van der Waals surface area contributed by atoms with E-state index in [1.807, 2.05) is 0 Å². The summed E-state index contributed by atoms with van der Waals surface area (Å²) in [5, 5.41) is 5.76. The first-order chi connectivity index (χ1) is 19.0. The van der Waals surface area contributed by atoms with Crippen LogP contribution in [0.2, 0.25) is 0 Å². The van der Waals surface area contributed by atoms with E-state index in [0.717, 1.165) is 11.5 Å². The van der Waals surface area contributed by atoms with E-state index >= 15 is 0 Å². The fourth-order valence-corrected chi connectivity index (χ4v) is 4.13. The van der Waals surface area contributed by atoms with Crippen molar-refractivity contribution in [2.45, 2.75) is 31.1 Å². The van der Waals surface area contributed by atoms with E-state index in [1.54, 1.807) is 30.3 Å². The lowest BCUT2D eigenvalue weighted by atomic mass is 9.98. The van der Waals surface area contributed by atoms with Gasteiger partial charge in [0.15, 0.2) is 0 Å². The summed E-state index contributed by atoms with van der Waals surface area (Å²) in [7, 11) is 0. The van der Waals surface area contributed by atoms with E-state index < -0.39 is 54.4 Å². The number of hydrogen-bond acceptors (Lipinski definition) is 7. The number of nitrogens with two attached hydrogens (primary N) is 3. The van der Waals surface area contributed by atoms with E-state index in [9.17, 15) is 27.6 Å². The number of carbonyl (C=O) groups excluding carboxylic acids is 3. The van der Waals surface area contributed by atoms with Gasteiger partial charge in [0.1, 0.15) is 6.04 Å². The average Bonchev–Trinajstić information content (AvgIpc) is 2.92. The second-order valence-corrected chi connectivity index (χ2v) is 9.09. The molecule has 8 N–H and O–H groups in total. The molecule has 0 saturated heterocycles. The third-order valence-corrected chi connectivity index (χ3v) is 6.12. The standard InChI is InChI=1S/C27H32F3N7O3/c28-27(29,30)20-7-3-1-5-17(20)14-23(26(40)35-19-13-18-6-2-4-8-22(18)34-16-19)36-25(39)21(33)15-24(38)37(11-9-31)12-10-32/h1-8,13,16,21,23H,9-12,14-15,31-33H2,(H,35,40)(H,36,39)/t21-,23-/m0/s1. The summed E-state index contributed by atoms with van der Waals surface area (Å²) in [5.41, 5.74) is 16.8. The molecule has 0 aliphatic carbocycles. The fraction of sp³-hybridized carbons (Fsp3) is 0.333. The lowest BCUT2D eigenvalue weighted by Crippen LogP contribution is -2.52. The van der Waals surface area contributed by atoms with Crippen molar-refractivity contribution in [2.75, 3.05) is 31.5 Å². The Bertz CT molecular complexity index is 1330. The molecule has 3 rings (SSSR count). The number of hydrogen-bond donors (Lipinski definition) is 5. The van der Waals surface area contributed by atoms with Crippen LogP contribution in [-0.2, 0) is 27.0 Å². The zero-order valence-electron chi connectivity index (χ0n) is 21.7. The number of alkyl halides is 3. The molecule has 1 aromatic heterocycles. The monoisotopic (exact) mass is 559 g/mol. The normalized spacial score (nSPS) is 12.9. The Morgan fingerprint density at radius 1 is 0.950 bits per heavy atom. The van der Waals surface area contributed by atoms with Crippen molar-refractivity contribution >= 4 is 34.3 Å². The molecule has 40 heavy (non-hydrogen) atoms. The molecule has 214 valence electrons. The third kappa shape index (κ3) is 8.21. The minimum Gasteiger partial charge on any atom is -0.343 e. The maximum Gasteiger partial charge on any atom is 0.416 e. The van der Waals surface area contributed by atoms with Gasteiger partial charge in [0, 0.05) is 38.0 Å². The molecule has 0 fully saturated rings. The summed E-state index contributed by atoms with van der Waals surface area (Å²) in [4.78, 5) is 44.5. The SMILES string of the molecule is NCCN(CCN)C(=O)C[C@H](N)C(=O)N[C@@H](Cc1ccccc1C(F)(F)F)C(=O)Nc1cnc2ccccc2c1. The number of para-hydroxylation sites is 1. The molecule has 2 aromatic carbocycles. The highest BCUT2D eigenvalue weighted by Crippen LogP contribution is 2.32. The molecule has 0 spiro atoms. The molecule has 1 heterocycles. The van der Waals surface area contributed by atoms with Crippen LogP contribution in [0.3, 0.4) is 0 Å². The molecule has 3 aromatic rings. The Balaban J connectivity index is 1.83. The van der Waals surface area contributed by atoms with Gasteiger partial charge in [0.05, 0.1) is 35.4 Å². The van der Waals surface area contributed by atoms with Crippen molar-refractivity contribution in [1.82, 2.24) is 15.2 Å². The number of halogens is 3. The molecular weight excluding hydrogens is 527 g/mol. The zero-order valence-corrected chi connectivity index (χ0v) is 21.7. The number of nitrogens with one attached hydrogen (secondary N) is 2. The van der Waals surface area contributed by atoms with Crippen LogP contribution in [-0.4, -0.2) is 65.9 Å². The van der Waals surface area contributed by atoms with Crippen molar-refractivity contribution in [1.29, 1.82) is 0 Å². The molecule has 0 saturated carbocycles. The van der Waals surface area contributed by atoms with Crippen LogP contribution in [0.1, 0.15) is 17.5 Å². The molecule has 13 heteroatoms. The highest BCUT2D eigenvalue weighted by molar-refractivity contribution is 5.99. The first kappa shape index (κ1) is 30.5. The van der Waals surface area contributed by atoms with Crippen LogP contribution in [0.5, 0.6) is 0 Å². The highest BCUT2D eigenvalue weighted by atomic mass is 19.4. The Morgan fingerprint density at radius 2 is 1.60 bits per heavy atom. The molecule has 3 amide bonds.